The summed E-state index contributed by atoms with van der Waals surface area (Å²) in [6.07, 6.45) is 3.74. The molecule has 2 amide bonds. The minimum absolute atomic E-state index is 0.0772. The highest BCUT2D eigenvalue weighted by atomic mass is 35.5. The molecule has 2 atom stereocenters. The average Bonchev–Trinajstić information content (AvgIpc) is 3.22. The Morgan fingerprint density at radius 1 is 1.35 bits per heavy atom. The first-order valence-corrected chi connectivity index (χ1v) is 8.76. The van der Waals surface area contributed by atoms with Crippen molar-refractivity contribution in [2.45, 2.75) is 5.92 Å². The summed E-state index contributed by atoms with van der Waals surface area (Å²) >= 11 is 6.22. The van der Waals surface area contributed by atoms with Crippen LogP contribution in [0.1, 0.15) is 21.8 Å². The number of hydrogen-bond donors (Lipinski definition) is 2. The lowest BCUT2D eigenvalue weighted by molar-refractivity contribution is -0.119. The number of nitrogens with one attached hydrogen (secondary N) is 2. The van der Waals surface area contributed by atoms with Crippen LogP contribution in [0.3, 0.4) is 0 Å². The summed E-state index contributed by atoms with van der Waals surface area (Å²) in [6.45, 7) is 1.34. The molecular weight excluding hydrogens is 354 g/mol. The number of rotatable bonds is 4. The molecule has 3 rings (SSSR count). The number of amides is 2. The van der Waals surface area contributed by atoms with E-state index < -0.39 is 0 Å². The number of carbonyl (C=O) groups excluding carboxylic acids is 2. The van der Waals surface area contributed by atoms with E-state index in [9.17, 15) is 9.59 Å². The molecule has 138 valence electrons. The zero-order valence-electron chi connectivity index (χ0n) is 15.0. The van der Waals surface area contributed by atoms with Crippen LogP contribution in [0.4, 0.5) is 5.69 Å². The number of hydrogen-bond acceptors (Lipinski definition) is 4. The molecule has 0 radical (unpaired) electrons. The van der Waals surface area contributed by atoms with Gasteiger partial charge in [0.1, 0.15) is 0 Å². The van der Waals surface area contributed by atoms with Gasteiger partial charge < -0.3 is 15.5 Å². The summed E-state index contributed by atoms with van der Waals surface area (Å²) in [7, 11) is 5.19. The summed E-state index contributed by atoms with van der Waals surface area (Å²) < 4.78 is 1.74. The fourth-order valence-corrected chi connectivity index (χ4v) is 3.44. The molecule has 0 bridgehead atoms. The molecule has 1 aliphatic rings. The standard InChI is InChI=1S/C18H22ClN5O2/c1-23(2)18(26)13-5-4-12(6-16(13)19)22-17(25)15-9-20-8-14(15)11-7-21-24(3)10-11/h4-7,10,14-15,20H,8-9H2,1-3H3,(H,22,25)/t14-,15+/m1/s1. The van der Waals surface area contributed by atoms with Crippen LogP contribution in [0.5, 0.6) is 0 Å². The quantitative estimate of drug-likeness (QED) is 0.852. The molecule has 26 heavy (non-hydrogen) atoms. The van der Waals surface area contributed by atoms with E-state index in [1.807, 2.05) is 13.2 Å². The number of aromatic nitrogens is 2. The highest BCUT2D eigenvalue weighted by Crippen LogP contribution is 2.29. The first-order valence-electron chi connectivity index (χ1n) is 8.38. The van der Waals surface area contributed by atoms with Gasteiger partial charge >= 0.3 is 0 Å². The first kappa shape index (κ1) is 18.4. The predicted molar refractivity (Wildman–Crippen MR) is 100 cm³/mol. The van der Waals surface area contributed by atoms with Crippen molar-refractivity contribution in [2.75, 3.05) is 32.5 Å². The Bertz CT molecular complexity index is 833. The van der Waals surface area contributed by atoms with E-state index in [-0.39, 0.29) is 23.7 Å². The van der Waals surface area contributed by atoms with Crippen molar-refractivity contribution in [3.63, 3.8) is 0 Å². The Labute approximate surface area is 157 Å². The molecule has 0 spiro atoms. The third kappa shape index (κ3) is 3.73. The fourth-order valence-electron chi connectivity index (χ4n) is 3.18. The highest BCUT2D eigenvalue weighted by Gasteiger charge is 2.34. The van der Waals surface area contributed by atoms with Gasteiger partial charge in [-0.05, 0) is 23.8 Å². The molecule has 2 N–H and O–H groups in total. The van der Waals surface area contributed by atoms with Gasteiger partial charge in [-0.15, -0.1) is 0 Å². The summed E-state index contributed by atoms with van der Waals surface area (Å²) in [6, 6.07) is 4.94. The van der Waals surface area contributed by atoms with Gasteiger partial charge in [0.15, 0.2) is 0 Å². The Balaban J connectivity index is 1.73. The zero-order chi connectivity index (χ0) is 18.8. The van der Waals surface area contributed by atoms with Gasteiger partial charge in [-0.1, -0.05) is 11.6 Å². The van der Waals surface area contributed by atoms with Crippen LogP contribution in [0.2, 0.25) is 5.02 Å². The number of benzene rings is 1. The molecule has 1 saturated heterocycles. The second-order valence-electron chi connectivity index (χ2n) is 6.70. The van der Waals surface area contributed by atoms with Crippen LogP contribution < -0.4 is 10.6 Å². The Kier molecular flexibility index (Phi) is 5.29. The summed E-state index contributed by atoms with van der Waals surface area (Å²) in [4.78, 5) is 26.3. The number of aryl methyl sites for hydroxylation is 1. The average molecular weight is 376 g/mol. The third-order valence-electron chi connectivity index (χ3n) is 4.58. The molecule has 0 unspecified atom stereocenters. The van der Waals surface area contributed by atoms with Gasteiger partial charge in [-0.25, -0.2) is 0 Å². The van der Waals surface area contributed by atoms with E-state index >= 15 is 0 Å². The van der Waals surface area contributed by atoms with Gasteiger partial charge in [0, 0.05) is 52.0 Å². The maximum atomic E-state index is 12.7. The second kappa shape index (κ2) is 7.47. The normalized spacial score (nSPS) is 19.4. The zero-order valence-corrected chi connectivity index (χ0v) is 15.7. The van der Waals surface area contributed by atoms with Crippen molar-refractivity contribution in [1.29, 1.82) is 0 Å². The molecule has 0 aliphatic carbocycles. The summed E-state index contributed by atoms with van der Waals surface area (Å²) in [5.74, 6) is -0.370. The lowest BCUT2D eigenvalue weighted by Crippen LogP contribution is -2.28. The fraction of sp³-hybridized carbons (Fsp3) is 0.389. The summed E-state index contributed by atoms with van der Waals surface area (Å²) in [5.41, 5.74) is 2.03. The van der Waals surface area contributed by atoms with Crippen molar-refractivity contribution in [3.05, 3.63) is 46.7 Å². The maximum Gasteiger partial charge on any atom is 0.254 e. The number of nitrogens with zero attached hydrogens (tertiary/aromatic N) is 3. The largest absolute Gasteiger partial charge is 0.345 e. The molecule has 2 heterocycles. The third-order valence-corrected chi connectivity index (χ3v) is 4.89. The van der Waals surface area contributed by atoms with Gasteiger partial charge in [0.05, 0.1) is 22.7 Å². The molecule has 1 aliphatic heterocycles. The van der Waals surface area contributed by atoms with Crippen molar-refractivity contribution < 1.29 is 9.59 Å². The Hall–Kier alpha value is -2.38. The highest BCUT2D eigenvalue weighted by molar-refractivity contribution is 6.34. The van der Waals surface area contributed by atoms with E-state index in [0.717, 1.165) is 12.1 Å². The van der Waals surface area contributed by atoms with Gasteiger partial charge in [-0.2, -0.15) is 5.10 Å². The molecule has 8 heteroatoms. The van der Waals surface area contributed by atoms with Crippen molar-refractivity contribution in [1.82, 2.24) is 20.0 Å². The van der Waals surface area contributed by atoms with Crippen LogP contribution in [-0.2, 0) is 11.8 Å². The number of carbonyl (C=O) groups is 2. The number of halogens is 1. The van der Waals surface area contributed by atoms with E-state index in [1.54, 1.807) is 43.2 Å². The van der Waals surface area contributed by atoms with Crippen molar-refractivity contribution >= 4 is 29.1 Å². The van der Waals surface area contributed by atoms with Gasteiger partial charge in [0.2, 0.25) is 5.91 Å². The molecular formula is C18H22ClN5O2. The Morgan fingerprint density at radius 2 is 2.12 bits per heavy atom. The minimum Gasteiger partial charge on any atom is -0.345 e. The topological polar surface area (TPSA) is 79.3 Å². The number of anilines is 1. The molecule has 1 aromatic carbocycles. The lowest BCUT2D eigenvalue weighted by Gasteiger charge is -2.18. The SMILES string of the molecule is CN(C)C(=O)c1ccc(NC(=O)[C@H]2CNC[C@@H]2c2cnn(C)c2)cc1Cl. The van der Waals surface area contributed by atoms with Crippen molar-refractivity contribution in [3.8, 4) is 0 Å². The van der Waals surface area contributed by atoms with E-state index in [2.05, 4.69) is 15.7 Å². The second-order valence-corrected chi connectivity index (χ2v) is 7.11. The smallest absolute Gasteiger partial charge is 0.254 e. The molecule has 2 aromatic rings. The predicted octanol–water partition coefficient (Wildman–Crippen LogP) is 1.72. The van der Waals surface area contributed by atoms with Crippen LogP contribution in [0.25, 0.3) is 0 Å². The van der Waals surface area contributed by atoms with E-state index in [1.165, 1.54) is 4.90 Å². The molecule has 7 nitrogen and oxygen atoms in total. The van der Waals surface area contributed by atoms with Crippen molar-refractivity contribution in [2.24, 2.45) is 13.0 Å². The van der Waals surface area contributed by atoms with E-state index in [4.69, 9.17) is 11.6 Å². The summed E-state index contributed by atoms with van der Waals surface area (Å²) in [5, 5.41) is 10.7. The van der Waals surface area contributed by atoms with Crippen LogP contribution in [0.15, 0.2) is 30.6 Å². The molecule has 1 fully saturated rings. The van der Waals surface area contributed by atoms with Gasteiger partial charge in [0.25, 0.3) is 5.91 Å². The van der Waals surface area contributed by atoms with E-state index in [0.29, 0.717) is 22.8 Å². The lowest BCUT2D eigenvalue weighted by atomic mass is 9.90. The maximum absolute atomic E-state index is 12.7. The van der Waals surface area contributed by atoms with Gasteiger partial charge in [-0.3, -0.25) is 14.3 Å². The molecule has 1 aromatic heterocycles. The minimum atomic E-state index is -0.193. The van der Waals surface area contributed by atoms with Crippen LogP contribution in [-0.4, -0.2) is 53.7 Å². The first-order chi connectivity index (χ1) is 12.4. The molecule has 0 saturated carbocycles. The van der Waals surface area contributed by atoms with Crippen LogP contribution in [0, 0.1) is 5.92 Å². The van der Waals surface area contributed by atoms with Crippen LogP contribution >= 0.6 is 11.6 Å². The Morgan fingerprint density at radius 3 is 2.73 bits per heavy atom. The monoisotopic (exact) mass is 375 g/mol.